The first kappa shape index (κ1) is 12.3. The van der Waals surface area contributed by atoms with E-state index in [2.05, 4.69) is 15.1 Å². The van der Waals surface area contributed by atoms with Crippen LogP contribution in [-0.4, -0.2) is 26.9 Å². The van der Waals surface area contributed by atoms with E-state index in [1.165, 1.54) is 0 Å². The number of rotatable bonds is 3. The summed E-state index contributed by atoms with van der Waals surface area (Å²) in [6.45, 7) is 1.96. The summed E-state index contributed by atoms with van der Waals surface area (Å²) in [6, 6.07) is 9.53. The summed E-state index contributed by atoms with van der Waals surface area (Å²) in [5, 5.41) is 4.51. The number of aromatic nitrogens is 4. The molecule has 0 saturated carbocycles. The molecule has 0 aliphatic heterocycles. The highest BCUT2D eigenvalue weighted by Crippen LogP contribution is 2.23. The van der Waals surface area contributed by atoms with E-state index < -0.39 is 0 Å². The zero-order valence-electron chi connectivity index (χ0n) is 11.3. The predicted molar refractivity (Wildman–Crippen MR) is 75.9 cm³/mol. The van der Waals surface area contributed by atoms with Crippen LogP contribution >= 0.6 is 0 Å². The van der Waals surface area contributed by atoms with Gasteiger partial charge in [-0.15, -0.1) is 0 Å². The van der Waals surface area contributed by atoms with Crippen LogP contribution in [0.4, 0.5) is 0 Å². The van der Waals surface area contributed by atoms with Crippen LogP contribution in [0.3, 0.4) is 0 Å². The molecule has 3 rings (SSSR count). The number of methoxy groups -OCH3 is 1. The molecule has 0 aliphatic carbocycles. The van der Waals surface area contributed by atoms with E-state index >= 15 is 0 Å². The molecule has 0 aliphatic rings. The maximum absolute atomic E-state index is 5.16. The van der Waals surface area contributed by atoms with Gasteiger partial charge in [0, 0.05) is 24.0 Å². The Morgan fingerprint density at radius 3 is 2.80 bits per heavy atom. The second-order valence-corrected chi connectivity index (χ2v) is 4.35. The molecule has 5 nitrogen and oxygen atoms in total. The van der Waals surface area contributed by atoms with Gasteiger partial charge >= 0.3 is 0 Å². The minimum absolute atomic E-state index is 0.594. The lowest BCUT2D eigenvalue weighted by molar-refractivity contribution is 0.398. The van der Waals surface area contributed by atoms with E-state index in [0.717, 1.165) is 22.6 Å². The van der Waals surface area contributed by atoms with Crippen LogP contribution < -0.4 is 4.74 Å². The topological polar surface area (TPSA) is 52.8 Å². The molecular formula is C15H14N4O. The molecule has 0 fully saturated rings. The van der Waals surface area contributed by atoms with Crippen molar-refractivity contribution in [2.75, 3.05) is 7.11 Å². The quantitative estimate of drug-likeness (QED) is 0.731. The molecule has 0 bridgehead atoms. The summed E-state index contributed by atoms with van der Waals surface area (Å²) in [5.41, 5.74) is 3.66. The van der Waals surface area contributed by atoms with Gasteiger partial charge in [0.15, 0.2) is 0 Å². The van der Waals surface area contributed by atoms with Gasteiger partial charge in [-0.1, -0.05) is 6.07 Å². The van der Waals surface area contributed by atoms with Crippen LogP contribution in [0.5, 0.6) is 5.88 Å². The highest BCUT2D eigenvalue weighted by molar-refractivity contribution is 5.62. The molecule has 0 saturated heterocycles. The monoisotopic (exact) mass is 266 g/mol. The number of aryl methyl sites for hydroxylation is 1. The molecular weight excluding hydrogens is 252 g/mol. The Morgan fingerprint density at radius 1 is 1.15 bits per heavy atom. The molecule has 20 heavy (non-hydrogen) atoms. The van der Waals surface area contributed by atoms with Gasteiger partial charge < -0.3 is 4.74 Å². The summed E-state index contributed by atoms with van der Waals surface area (Å²) in [7, 11) is 1.61. The Labute approximate surface area is 116 Å². The van der Waals surface area contributed by atoms with Gasteiger partial charge in [-0.05, 0) is 25.1 Å². The van der Waals surface area contributed by atoms with Gasteiger partial charge in [0.25, 0.3) is 0 Å². The molecule has 3 heterocycles. The molecule has 0 amide bonds. The Bertz CT molecular complexity index is 722. The van der Waals surface area contributed by atoms with Gasteiger partial charge in [0.05, 0.1) is 30.4 Å². The standard InChI is InChI=1S/C15H14N4O/c1-11-13(14-6-3-7-15(17-14)20-2)10-19(18-11)12-5-4-8-16-9-12/h3-10H,1-2H3. The van der Waals surface area contributed by atoms with Crippen molar-refractivity contribution in [1.29, 1.82) is 0 Å². The molecule has 3 aromatic heterocycles. The first-order valence-corrected chi connectivity index (χ1v) is 6.26. The van der Waals surface area contributed by atoms with Crippen molar-refractivity contribution >= 4 is 0 Å². The first-order valence-electron chi connectivity index (χ1n) is 6.26. The molecule has 3 aromatic rings. The summed E-state index contributed by atoms with van der Waals surface area (Å²) >= 11 is 0. The van der Waals surface area contributed by atoms with Crippen molar-refractivity contribution in [3.63, 3.8) is 0 Å². The van der Waals surface area contributed by atoms with Crippen molar-refractivity contribution in [2.45, 2.75) is 6.92 Å². The highest BCUT2D eigenvalue weighted by Gasteiger charge is 2.10. The average molecular weight is 266 g/mol. The maximum atomic E-state index is 5.16. The van der Waals surface area contributed by atoms with E-state index in [9.17, 15) is 0 Å². The zero-order chi connectivity index (χ0) is 13.9. The Morgan fingerprint density at radius 2 is 2.05 bits per heavy atom. The molecule has 0 atom stereocenters. The van der Waals surface area contributed by atoms with E-state index in [0.29, 0.717) is 5.88 Å². The third-order valence-electron chi connectivity index (χ3n) is 3.02. The minimum Gasteiger partial charge on any atom is -0.481 e. The maximum Gasteiger partial charge on any atom is 0.213 e. The molecule has 100 valence electrons. The lowest BCUT2D eigenvalue weighted by atomic mass is 10.2. The predicted octanol–water partition coefficient (Wildman–Crippen LogP) is 2.65. The second kappa shape index (κ2) is 5.13. The third-order valence-corrected chi connectivity index (χ3v) is 3.02. The summed E-state index contributed by atoms with van der Waals surface area (Å²) < 4.78 is 6.96. The first-order chi connectivity index (χ1) is 9.78. The van der Waals surface area contributed by atoms with Crippen LogP contribution in [0.25, 0.3) is 16.9 Å². The SMILES string of the molecule is COc1cccc(-c2cn(-c3cccnc3)nc2C)n1. The van der Waals surface area contributed by atoms with E-state index in [-0.39, 0.29) is 0 Å². The van der Waals surface area contributed by atoms with Crippen LogP contribution in [0.1, 0.15) is 5.69 Å². The lowest BCUT2D eigenvalue weighted by Crippen LogP contribution is -1.94. The average Bonchev–Trinajstić information content (AvgIpc) is 2.90. The van der Waals surface area contributed by atoms with E-state index in [4.69, 9.17) is 4.74 Å². The summed E-state index contributed by atoms with van der Waals surface area (Å²) in [5.74, 6) is 0.594. The molecule has 0 unspecified atom stereocenters. The lowest BCUT2D eigenvalue weighted by Gasteiger charge is -2.01. The van der Waals surface area contributed by atoms with Crippen molar-refractivity contribution in [1.82, 2.24) is 19.7 Å². The van der Waals surface area contributed by atoms with Crippen LogP contribution in [0.15, 0.2) is 48.9 Å². The van der Waals surface area contributed by atoms with Crippen molar-refractivity contribution < 1.29 is 4.74 Å². The van der Waals surface area contributed by atoms with Gasteiger partial charge in [-0.2, -0.15) is 5.10 Å². The third kappa shape index (κ3) is 2.25. The second-order valence-electron chi connectivity index (χ2n) is 4.35. The largest absolute Gasteiger partial charge is 0.481 e. The molecule has 0 N–H and O–H groups in total. The van der Waals surface area contributed by atoms with E-state index in [1.807, 2.05) is 43.5 Å². The van der Waals surface area contributed by atoms with Gasteiger partial charge in [0.1, 0.15) is 0 Å². The fourth-order valence-electron chi connectivity index (χ4n) is 2.01. The number of ether oxygens (including phenoxy) is 1. The minimum atomic E-state index is 0.594. The summed E-state index contributed by atoms with van der Waals surface area (Å²) in [4.78, 5) is 8.54. The number of nitrogens with zero attached hydrogens (tertiary/aromatic N) is 4. The molecule has 0 radical (unpaired) electrons. The normalized spacial score (nSPS) is 10.5. The van der Waals surface area contributed by atoms with Crippen LogP contribution in [0.2, 0.25) is 0 Å². The number of pyridine rings is 2. The molecule has 5 heteroatoms. The van der Waals surface area contributed by atoms with E-state index in [1.54, 1.807) is 24.2 Å². The van der Waals surface area contributed by atoms with Crippen molar-refractivity contribution in [3.05, 3.63) is 54.6 Å². The Kier molecular flexibility index (Phi) is 3.16. The van der Waals surface area contributed by atoms with Crippen LogP contribution in [0, 0.1) is 6.92 Å². The molecule has 0 spiro atoms. The fraction of sp³-hybridized carbons (Fsp3) is 0.133. The van der Waals surface area contributed by atoms with Crippen LogP contribution in [-0.2, 0) is 0 Å². The van der Waals surface area contributed by atoms with Gasteiger partial charge in [-0.3, -0.25) is 4.98 Å². The Hall–Kier alpha value is -2.69. The number of hydrogen-bond donors (Lipinski definition) is 0. The highest BCUT2D eigenvalue weighted by atomic mass is 16.5. The summed E-state index contributed by atoms with van der Waals surface area (Å²) in [6.07, 6.45) is 5.47. The van der Waals surface area contributed by atoms with Gasteiger partial charge in [-0.25, -0.2) is 9.67 Å². The zero-order valence-corrected chi connectivity index (χ0v) is 11.3. The smallest absolute Gasteiger partial charge is 0.213 e. The van der Waals surface area contributed by atoms with Crippen molar-refractivity contribution in [3.8, 4) is 22.8 Å². The van der Waals surface area contributed by atoms with Gasteiger partial charge in [0.2, 0.25) is 5.88 Å². The number of hydrogen-bond acceptors (Lipinski definition) is 4. The Balaban J connectivity index is 2.05. The van der Waals surface area contributed by atoms with Crippen molar-refractivity contribution in [2.24, 2.45) is 0 Å². The molecule has 0 aromatic carbocycles. The fourth-order valence-corrected chi connectivity index (χ4v) is 2.01.